The summed E-state index contributed by atoms with van der Waals surface area (Å²) in [4.78, 5) is 0. The Labute approximate surface area is 125 Å². The number of halogens is 5. The van der Waals surface area contributed by atoms with Gasteiger partial charge in [0.1, 0.15) is 5.75 Å². The molecule has 1 saturated carbocycles. The number of ether oxygens (including phenoxy) is 2. The summed E-state index contributed by atoms with van der Waals surface area (Å²) in [5.74, 6) is -5.15. The molecule has 1 aromatic rings. The molecule has 2 rings (SSSR count). The number of hydrogen-bond acceptors (Lipinski definition) is 2. The van der Waals surface area contributed by atoms with Crippen LogP contribution in [-0.4, -0.2) is 18.8 Å². The largest absolute Gasteiger partial charge is 0.431 e. The third-order valence-electron chi connectivity index (χ3n) is 3.67. The molecule has 1 fully saturated rings. The fraction of sp³-hybridized carbons (Fsp3) is 0.600. The third kappa shape index (κ3) is 4.56. The van der Waals surface area contributed by atoms with Gasteiger partial charge in [0, 0.05) is 12.1 Å². The Hall–Kier alpha value is -1.37. The molecule has 0 aromatic heterocycles. The van der Waals surface area contributed by atoms with Crippen LogP contribution in [0.1, 0.15) is 32.6 Å². The molecule has 0 aliphatic heterocycles. The fourth-order valence-electron chi connectivity index (χ4n) is 2.40. The van der Waals surface area contributed by atoms with Gasteiger partial charge in [-0.25, -0.2) is 13.2 Å². The molecule has 0 spiro atoms. The summed E-state index contributed by atoms with van der Waals surface area (Å²) in [7, 11) is 0. The molecule has 0 atom stereocenters. The van der Waals surface area contributed by atoms with E-state index in [0.717, 1.165) is 12.8 Å². The first-order chi connectivity index (χ1) is 10.3. The van der Waals surface area contributed by atoms with Crippen molar-refractivity contribution >= 4 is 0 Å². The number of alkyl halides is 2. The fourth-order valence-corrected chi connectivity index (χ4v) is 2.40. The van der Waals surface area contributed by atoms with Crippen molar-refractivity contribution < 1.29 is 31.4 Å². The van der Waals surface area contributed by atoms with Crippen LogP contribution in [0.5, 0.6) is 5.75 Å². The van der Waals surface area contributed by atoms with E-state index in [9.17, 15) is 22.0 Å². The van der Waals surface area contributed by atoms with Crippen LogP contribution in [0, 0.1) is 23.4 Å². The summed E-state index contributed by atoms with van der Waals surface area (Å²) in [6.45, 7) is 1.07. The smallest absolute Gasteiger partial charge is 0.421 e. The first kappa shape index (κ1) is 17.0. The summed E-state index contributed by atoms with van der Waals surface area (Å²) in [5.41, 5.74) is 0. The predicted molar refractivity (Wildman–Crippen MR) is 69.3 cm³/mol. The van der Waals surface area contributed by atoms with Gasteiger partial charge in [0.25, 0.3) is 0 Å². The minimum atomic E-state index is -3.75. The maximum Gasteiger partial charge on any atom is 0.421 e. The van der Waals surface area contributed by atoms with Crippen LogP contribution < -0.4 is 4.74 Å². The van der Waals surface area contributed by atoms with Gasteiger partial charge in [-0.1, -0.05) is 6.92 Å². The van der Waals surface area contributed by atoms with Gasteiger partial charge in [0.2, 0.25) is 0 Å². The molecule has 0 heterocycles. The molecular formula is C15H17F5O2. The summed E-state index contributed by atoms with van der Waals surface area (Å²) >= 11 is 0. The number of benzene rings is 1. The van der Waals surface area contributed by atoms with E-state index in [0.29, 0.717) is 30.9 Å². The Morgan fingerprint density at radius 3 is 2.14 bits per heavy atom. The van der Waals surface area contributed by atoms with Crippen LogP contribution in [0.25, 0.3) is 0 Å². The monoisotopic (exact) mass is 324 g/mol. The number of hydrogen-bond donors (Lipinski definition) is 0. The second-order valence-corrected chi connectivity index (χ2v) is 5.63. The molecule has 1 aromatic carbocycles. The molecule has 2 nitrogen and oxygen atoms in total. The van der Waals surface area contributed by atoms with Crippen LogP contribution in [0.3, 0.4) is 0 Å². The van der Waals surface area contributed by atoms with Crippen molar-refractivity contribution in [2.24, 2.45) is 5.92 Å². The highest BCUT2D eigenvalue weighted by Gasteiger charge is 2.34. The Balaban J connectivity index is 1.90. The van der Waals surface area contributed by atoms with Crippen molar-refractivity contribution in [3.63, 3.8) is 0 Å². The second-order valence-electron chi connectivity index (χ2n) is 5.63. The predicted octanol–water partition coefficient (Wildman–Crippen LogP) is 4.67. The molecular weight excluding hydrogens is 307 g/mol. The van der Waals surface area contributed by atoms with E-state index >= 15 is 0 Å². The molecule has 0 unspecified atom stereocenters. The SMILES string of the molecule is CC1CCC(OCC(F)(F)Oc2cc(F)c(F)c(F)c2)CC1. The molecule has 124 valence electrons. The van der Waals surface area contributed by atoms with Gasteiger partial charge >= 0.3 is 6.11 Å². The van der Waals surface area contributed by atoms with Gasteiger partial charge < -0.3 is 9.47 Å². The Morgan fingerprint density at radius 2 is 1.59 bits per heavy atom. The van der Waals surface area contributed by atoms with E-state index in [1.807, 2.05) is 0 Å². The van der Waals surface area contributed by atoms with Gasteiger partial charge in [-0.2, -0.15) is 8.78 Å². The molecule has 0 amide bonds. The van der Waals surface area contributed by atoms with Crippen molar-refractivity contribution in [3.8, 4) is 5.75 Å². The van der Waals surface area contributed by atoms with Crippen LogP contribution in [0.4, 0.5) is 22.0 Å². The van der Waals surface area contributed by atoms with Gasteiger partial charge in [-0.05, 0) is 31.6 Å². The highest BCUT2D eigenvalue weighted by Crippen LogP contribution is 2.29. The summed E-state index contributed by atoms with van der Waals surface area (Å²) in [6, 6.07) is 0.739. The quantitative estimate of drug-likeness (QED) is 0.579. The lowest BCUT2D eigenvalue weighted by molar-refractivity contribution is -0.222. The topological polar surface area (TPSA) is 18.5 Å². The average molecular weight is 324 g/mol. The average Bonchev–Trinajstić information content (AvgIpc) is 2.44. The van der Waals surface area contributed by atoms with Crippen molar-refractivity contribution in [3.05, 3.63) is 29.6 Å². The maximum absolute atomic E-state index is 13.6. The first-order valence-corrected chi connectivity index (χ1v) is 7.10. The van der Waals surface area contributed by atoms with E-state index in [1.165, 1.54) is 0 Å². The van der Waals surface area contributed by atoms with E-state index < -0.39 is 35.9 Å². The van der Waals surface area contributed by atoms with Crippen molar-refractivity contribution in [2.75, 3.05) is 6.61 Å². The highest BCUT2D eigenvalue weighted by atomic mass is 19.3. The molecule has 1 aliphatic rings. The Morgan fingerprint density at radius 1 is 1.05 bits per heavy atom. The van der Waals surface area contributed by atoms with Crippen LogP contribution >= 0.6 is 0 Å². The van der Waals surface area contributed by atoms with Crippen molar-refractivity contribution in [2.45, 2.75) is 44.8 Å². The Bertz CT molecular complexity index is 490. The van der Waals surface area contributed by atoms with E-state index in [1.54, 1.807) is 0 Å². The molecule has 7 heteroatoms. The summed E-state index contributed by atoms with van der Waals surface area (Å²) < 4.78 is 75.2. The maximum atomic E-state index is 13.6. The lowest BCUT2D eigenvalue weighted by Crippen LogP contribution is -2.34. The van der Waals surface area contributed by atoms with Crippen LogP contribution in [-0.2, 0) is 4.74 Å². The Kier molecular flexibility index (Phi) is 5.26. The first-order valence-electron chi connectivity index (χ1n) is 7.10. The zero-order chi connectivity index (χ0) is 16.3. The molecule has 0 radical (unpaired) electrons. The van der Waals surface area contributed by atoms with Gasteiger partial charge in [-0.3, -0.25) is 0 Å². The van der Waals surface area contributed by atoms with Gasteiger partial charge in [0.15, 0.2) is 24.1 Å². The lowest BCUT2D eigenvalue weighted by Gasteiger charge is -2.28. The van der Waals surface area contributed by atoms with Crippen molar-refractivity contribution in [1.29, 1.82) is 0 Å². The standard InChI is InChI=1S/C15H17F5O2/c1-9-2-4-10(5-3-9)21-8-15(19,20)22-11-6-12(16)14(18)13(17)7-11/h6-7,9-10H,2-5,8H2,1H3. The minimum Gasteiger partial charge on any atom is -0.431 e. The summed E-state index contributed by atoms with van der Waals surface area (Å²) in [5, 5.41) is 0. The molecule has 0 saturated heterocycles. The highest BCUT2D eigenvalue weighted by molar-refractivity contribution is 5.25. The van der Waals surface area contributed by atoms with Gasteiger partial charge in [-0.15, -0.1) is 0 Å². The van der Waals surface area contributed by atoms with E-state index in [-0.39, 0.29) is 6.10 Å². The van der Waals surface area contributed by atoms with Crippen LogP contribution in [0.15, 0.2) is 12.1 Å². The second kappa shape index (κ2) is 6.81. The number of rotatable bonds is 5. The molecule has 0 bridgehead atoms. The van der Waals surface area contributed by atoms with Gasteiger partial charge in [0.05, 0.1) is 6.10 Å². The third-order valence-corrected chi connectivity index (χ3v) is 3.67. The van der Waals surface area contributed by atoms with E-state index in [4.69, 9.17) is 4.74 Å². The minimum absolute atomic E-state index is 0.271. The van der Waals surface area contributed by atoms with Crippen molar-refractivity contribution in [1.82, 2.24) is 0 Å². The normalized spacial score (nSPS) is 22.6. The molecule has 1 aliphatic carbocycles. The zero-order valence-corrected chi connectivity index (χ0v) is 12.1. The molecule has 0 N–H and O–H groups in total. The lowest BCUT2D eigenvalue weighted by atomic mass is 9.89. The summed E-state index contributed by atoms with van der Waals surface area (Å²) in [6.07, 6.45) is -0.822. The van der Waals surface area contributed by atoms with Crippen LogP contribution in [0.2, 0.25) is 0 Å². The van der Waals surface area contributed by atoms with E-state index in [2.05, 4.69) is 11.7 Å². The zero-order valence-electron chi connectivity index (χ0n) is 12.1. The molecule has 22 heavy (non-hydrogen) atoms.